The third-order valence-corrected chi connectivity index (χ3v) is 3.35. The molecule has 0 aliphatic heterocycles. The quantitative estimate of drug-likeness (QED) is 0.794. The minimum atomic E-state index is -0.875. The summed E-state index contributed by atoms with van der Waals surface area (Å²) < 4.78 is 0. The molecule has 17 heavy (non-hydrogen) atoms. The van der Waals surface area contributed by atoms with Crippen LogP contribution in [-0.2, 0) is 4.79 Å². The number of hydrogen-bond acceptors (Lipinski definition) is 2. The van der Waals surface area contributed by atoms with Crippen molar-refractivity contribution in [3.63, 3.8) is 0 Å². The SMILES string of the molecule is CC1=CC(O)(C(C)(C)C)CC(CCC(=O)O)=C1. The van der Waals surface area contributed by atoms with Gasteiger partial charge in [-0.3, -0.25) is 4.79 Å². The third kappa shape index (κ3) is 3.43. The summed E-state index contributed by atoms with van der Waals surface area (Å²) in [7, 11) is 0. The van der Waals surface area contributed by atoms with Crippen molar-refractivity contribution >= 4 is 5.97 Å². The molecule has 0 aromatic rings. The van der Waals surface area contributed by atoms with E-state index < -0.39 is 11.6 Å². The molecule has 0 amide bonds. The summed E-state index contributed by atoms with van der Waals surface area (Å²) in [5, 5.41) is 19.3. The van der Waals surface area contributed by atoms with Crippen molar-refractivity contribution in [1.29, 1.82) is 0 Å². The number of hydrogen-bond donors (Lipinski definition) is 2. The van der Waals surface area contributed by atoms with Gasteiger partial charge in [0.1, 0.15) is 0 Å². The smallest absolute Gasteiger partial charge is 0.303 e. The van der Waals surface area contributed by atoms with Crippen molar-refractivity contribution in [3.05, 3.63) is 23.3 Å². The number of rotatable bonds is 3. The molecular weight excluding hydrogens is 216 g/mol. The molecule has 3 heteroatoms. The Kier molecular flexibility index (Phi) is 3.82. The summed E-state index contributed by atoms with van der Waals surface area (Å²) in [5.41, 5.74) is 0.898. The molecule has 1 aliphatic carbocycles. The third-order valence-electron chi connectivity index (χ3n) is 3.35. The summed E-state index contributed by atoms with van der Waals surface area (Å²) >= 11 is 0. The maximum absolute atomic E-state index is 10.6. The van der Waals surface area contributed by atoms with E-state index in [-0.39, 0.29) is 11.8 Å². The van der Waals surface area contributed by atoms with E-state index in [4.69, 9.17) is 5.11 Å². The van der Waals surface area contributed by atoms with Crippen molar-refractivity contribution in [2.75, 3.05) is 0 Å². The van der Waals surface area contributed by atoms with Crippen LogP contribution < -0.4 is 0 Å². The molecule has 96 valence electrons. The summed E-state index contributed by atoms with van der Waals surface area (Å²) in [6.45, 7) is 7.93. The average Bonchev–Trinajstić information content (AvgIpc) is 2.11. The number of carbonyl (C=O) groups is 1. The Morgan fingerprint density at radius 1 is 1.47 bits per heavy atom. The minimum Gasteiger partial charge on any atom is -0.481 e. The fourth-order valence-electron chi connectivity index (χ4n) is 2.10. The molecular formula is C14H22O3. The molecule has 1 unspecified atom stereocenters. The summed E-state index contributed by atoms with van der Waals surface area (Å²) in [4.78, 5) is 10.6. The van der Waals surface area contributed by atoms with Gasteiger partial charge in [-0.2, -0.15) is 0 Å². The monoisotopic (exact) mass is 238 g/mol. The number of carboxylic acids is 1. The Bertz CT molecular complexity index is 371. The van der Waals surface area contributed by atoms with Gasteiger partial charge < -0.3 is 10.2 Å². The average molecular weight is 238 g/mol. The van der Waals surface area contributed by atoms with Crippen molar-refractivity contribution in [1.82, 2.24) is 0 Å². The van der Waals surface area contributed by atoms with Gasteiger partial charge in [0.05, 0.1) is 5.60 Å². The fourth-order valence-corrected chi connectivity index (χ4v) is 2.10. The van der Waals surface area contributed by atoms with Crippen molar-refractivity contribution < 1.29 is 15.0 Å². The predicted molar refractivity (Wildman–Crippen MR) is 67.7 cm³/mol. The van der Waals surface area contributed by atoms with E-state index in [0.29, 0.717) is 12.8 Å². The molecule has 0 bridgehead atoms. The molecule has 1 rings (SSSR count). The standard InChI is InChI=1S/C14H22O3/c1-10-7-11(5-6-12(15)16)9-14(17,8-10)13(2,3)4/h7-8,17H,5-6,9H2,1-4H3,(H,15,16). The van der Waals surface area contributed by atoms with Gasteiger partial charge in [0.2, 0.25) is 0 Å². The Labute approximate surface area is 103 Å². The van der Waals surface area contributed by atoms with Gasteiger partial charge in [0.15, 0.2) is 0 Å². The first-order valence-corrected chi connectivity index (χ1v) is 5.97. The van der Waals surface area contributed by atoms with Crippen molar-refractivity contribution in [2.45, 2.75) is 52.6 Å². The Balaban J connectivity index is 2.86. The molecule has 0 aromatic heterocycles. The van der Waals surface area contributed by atoms with Gasteiger partial charge in [-0.15, -0.1) is 0 Å². The van der Waals surface area contributed by atoms with Gasteiger partial charge >= 0.3 is 5.97 Å². The van der Waals surface area contributed by atoms with Gasteiger partial charge in [0, 0.05) is 12.8 Å². The van der Waals surface area contributed by atoms with Crippen LogP contribution in [0.2, 0.25) is 0 Å². The normalized spacial score (nSPS) is 25.2. The van der Waals surface area contributed by atoms with Crippen LogP contribution in [-0.4, -0.2) is 21.8 Å². The lowest BCUT2D eigenvalue weighted by molar-refractivity contribution is -0.137. The highest BCUT2D eigenvalue weighted by Crippen LogP contribution is 2.41. The topological polar surface area (TPSA) is 57.5 Å². The largest absolute Gasteiger partial charge is 0.481 e. The molecule has 0 saturated carbocycles. The van der Waals surface area contributed by atoms with E-state index in [1.165, 1.54) is 0 Å². The van der Waals surface area contributed by atoms with Gasteiger partial charge in [-0.25, -0.2) is 0 Å². The maximum Gasteiger partial charge on any atom is 0.303 e. The van der Waals surface area contributed by atoms with Crippen LogP contribution >= 0.6 is 0 Å². The number of carboxylic acid groups (broad SMARTS) is 1. The summed E-state index contributed by atoms with van der Waals surface area (Å²) in [6, 6.07) is 0. The van der Waals surface area contributed by atoms with Crippen LogP contribution in [0, 0.1) is 5.41 Å². The van der Waals surface area contributed by atoms with E-state index in [2.05, 4.69) is 0 Å². The molecule has 0 spiro atoms. The lowest BCUT2D eigenvalue weighted by atomic mass is 9.69. The van der Waals surface area contributed by atoms with E-state index in [1.54, 1.807) is 0 Å². The lowest BCUT2D eigenvalue weighted by Crippen LogP contribution is -2.42. The minimum absolute atomic E-state index is 0.124. The zero-order chi connectivity index (χ0) is 13.3. The molecule has 0 heterocycles. The van der Waals surface area contributed by atoms with Crippen molar-refractivity contribution in [3.8, 4) is 0 Å². The second-order valence-electron chi connectivity index (χ2n) is 5.94. The molecule has 1 aliphatic rings. The summed E-state index contributed by atoms with van der Waals surface area (Å²) in [5.74, 6) is -0.794. The van der Waals surface area contributed by atoms with E-state index in [1.807, 2.05) is 39.8 Å². The first-order chi connectivity index (χ1) is 7.64. The molecule has 0 fully saturated rings. The highest BCUT2D eigenvalue weighted by Gasteiger charge is 2.39. The molecule has 3 nitrogen and oxygen atoms in total. The fraction of sp³-hybridized carbons (Fsp3) is 0.643. The lowest BCUT2D eigenvalue weighted by Gasteiger charge is -2.41. The van der Waals surface area contributed by atoms with Crippen molar-refractivity contribution in [2.24, 2.45) is 5.41 Å². The van der Waals surface area contributed by atoms with Crippen LogP contribution in [0.1, 0.15) is 47.0 Å². The van der Waals surface area contributed by atoms with Crippen LogP contribution in [0.5, 0.6) is 0 Å². The predicted octanol–water partition coefficient (Wildman–Crippen LogP) is 2.90. The van der Waals surface area contributed by atoms with E-state index in [0.717, 1.165) is 11.1 Å². The number of allylic oxidation sites excluding steroid dienone is 2. The van der Waals surface area contributed by atoms with Crippen LogP contribution in [0.4, 0.5) is 0 Å². The highest BCUT2D eigenvalue weighted by molar-refractivity contribution is 5.67. The Morgan fingerprint density at radius 2 is 2.06 bits per heavy atom. The van der Waals surface area contributed by atoms with E-state index >= 15 is 0 Å². The first kappa shape index (κ1) is 14.0. The maximum atomic E-state index is 10.6. The highest BCUT2D eigenvalue weighted by atomic mass is 16.4. The zero-order valence-corrected chi connectivity index (χ0v) is 11.1. The molecule has 0 saturated heterocycles. The van der Waals surface area contributed by atoms with Gasteiger partial charge in [-0.1, -0.05) is 38.0 Å². The first-order valence-electron chi connectivity index (χ1n) is 5.97. The van der Waals surface area contributed by atoms with Crippen LogP contribution in [0.3, 0.4) is 0 Å². The molecule has 0 radical (unpaired) electrons. The molecule has 2 N–H and O–H groups in total. The van der Waals surface area contributed by atoms with Gasteiger partial charge in [0.25, 0.3) is 0 Å². The van der Waals surface area contributed by atoms with Crippen LogP contribution in [0.25, 0.3) is 0 Å². The van der Waals surface area contributed by atoms with E-state index in [9.17, 15) is 9.90 Å². The van der Waals surface area contributed by atoms with Gasteiger partial charge in [-0.05, 0) is 24.8 Å². The molecule has 1 atom stereocenters. The van der Waals surface area contributed by atoms with Crippen LogP contribution in [0.15, 0.2) is 23.3 Å². The summed E-state index contributed by atoms with van der Waals surface area (Å²) in [6.07, 6.45) is 5.04. The molecule has 0 aromatic carbocycles. The number of aliphatic carboxylic acids is 1. The number of aliphatic hydroxyl groups is 1. The Hall–Kier alpha value is -1.09. The second kappa shape index (κ2) is 4.65. The Morgan fingerprint density at radius 3 is 2.53 bits per heavy atom. The second-order valence-corrected chi connectivity index (χ2v) is 5.94. The zero-order valence-electron chi connectivity index (χ0n) is 11.1.